The van der Waals surface area contributed by atoms with E-state index in [9.17, 15) is 10.1 Å². The van der Waals surface area contributed by atoms with E-state index in [1.54, 1.807) is 12.1 Å². The minimum Gasteiger partial charge on any atom is -0.298 e. The van der Waals surface area contributed by atoms with Gasteiger partial charge in [-0.05, 0) is 44.7 Å². The fourth-order valence-electron chi connectivity index (χ4n) is 3.63. The summed E-state index contributed by atoms with van der Waals surface area (Å²) in [6, 6.07) is 14.9. The van der Waals surface area contributed by atoms with E-state index in [0.29, 0.717) is 16.0 Å². The average Bonchev–Trinajstić information content (AvgIpc) is 2.69. The van der Waals surface area contributed by atoms with E-state index in [1.165, 1.54) is 17.3 Å². The maximum atomic E-state index is 11.2. The molecule has 1 aromatic heterocycles. The summed E-state index contributed by atoms with van der Waals surface area (Å²) in [4.78, 5) is 15.6. The van der Waals surface area contributed by atoms with Crippen LogP contribution in [0.3, 0.4) is 0 Å². The first-order chi connectivity index (χ1) is 13.0. The maximum absolute atomic E-state index is 11.2. The summed E-state index contributed by atoms with van der Waals surface area (Å²) in [5.74, 6) is 0.660. The molecule has 2 aromatic carbocycles. The monoisotopic (exact) mass is 377 g/mol. The number of nitro benzene ring substituents is 1. The molecule has 0 radical (unpaired) electrons. The normalized spacial score (nSPS) is 13.2. The molecule has 0 saturated heterocycles. The minimum atomic E-state index is -0.382. The fourth-order valence-corrected chi connectivity index (χ4v) is 3.94. The standard InChI is InChI=1S/C21H19N3O2S/c1-14-9-11-16(12-10-14)23-19-8-3-2-7-18(19)21(27)22-20(23)15-5-4-6-17(13-15)24(25)26/h4-6,9-13H,2-3,7-8H2,1H3. The molecule has 1 heterocycles. The van der Waals surface area contributed by atoms with Crippen molar-refractivity contribution < 1.29 is 4.92 Å². The van der Waals surface area contributed by atoms with E-state index in [0.717, 1.165) is 36.9 Å². The van der Waals surface area contributed by atoms with Gasteiger partial charge in [0.15, 0.2) is 0 Å². The highest BCUT2D eigenvalue weighted by Gasteiger charge is 2.21. The molecule has 0 atom stereocenters. The molecule has 0 N–H and O–H groups in total. The lowest BCUT2D eigenvalue weighted by atomic mass is 9.96. The Morgan fingerprint density at radius 2 is 1.85 bits per heavy atom. The Bertz CT molecular complexity index is 1090. The highest BCUT2D eigenvalue weighted by atomic mass is 32.1. The van der Waals surface area contributed by atoms with E-state index in [1.807, 2.05) is 6.07 Å². The van der Waals surface area contributed by atoms with Gasteiger partial charge in [-0.2, -0.15) is 0 Å². The van der Waals surface area contributed by atoms with E-state index >= 15 is 0 Å². The highest BCUT2D eigenvalue weighted by molar-refractivity contribution is 7.71. The first-order valence-electron chi connectivity index (χ1n) is 9.01. The van der Waals surface area contributed by atoms with Gasteiger partial charge in [0.2, 0.25) is 0 Å². The quantitative estimate of drug-likeness (QED) is 0.350. The second-order valence-electron chi connectivity index (χ2n) is 6.85. The van der Waals surface area contributed by atoms with E-state index in [4.69, 9.17) is 17.2 Å². The number of benzene rings is 2. The topological polar surface area (TPSA) is 61.0 Å². The van der Waals surface area contributed by atoms with E-state index in [2.05, 4.69) is 35.8 Å². The minimum absolute atomic E-state index is 0.0494. The van der Waals surface area contributed by atoms with Crippen LogP contribution < -0.4 is 0 Å². The number of non-ortho nitro benzene ring substituents is 1. The van der Waals surface area contributed by atoms with Crippen molar-refractivity contribution in [2.45, 2.75) is 32.6 Å². The first-order valence-corrected chi connectivity index (χ1v) is 9.42. The number of hydrogen-bond donors (Lipinski definition) is 0. The molecule has 1 aliphatic carbocycles. The summed E-state index contributed by atoms with van der Waals surface area (Å²) >= 11 is 5.58. The Hall–Kier alpha value is -2.86. The number of aromatic nitrogens is 2. The zero-order chi connectivity index (χ0) is 19.0. The summed E-state index contributed by atoms with van der Waals surface area (Å²) < 4.78 is 2.73. The molecule has 136 valence electrons. The largest absolute Gasteiger partial charge is 0.298 e. The van der Waals surface area contributed by atoms with Crippen molar-refractivity contribution in [1.29, 1.82) is 0 Å². The van der Waals surface area contributed by atoms with Crippen molar-refractivity contribution in [2.24, 2.45) is 0 Å². The summed E-state index contributed by atoms with van der Waals surface area (Å²) in [7, 11) is 0. The molecule has 5 nitrogen and oxygen atoms in total. The Labute approximate surface area is 162 Å². The van der Waals surface area contributed by atoms with Gasteiger partial charge >= 0.3 is 0 Å². The maximum Gasteiger partial charge on any atom is 0.270 e. The molecule has 0 saturated carbocycles. The van der Waals surface area contributed by atoms with Gasteiger partial charge in [-0.15, -0.1) is 0 Å². The van der Waals surface area contributed by atoms with Crippen molar-refractivity contribution in [3.63, 3.8) is 0 Å². The van der Waals surface area contributed by atoms with Crippen molar-refractivity contribution in [3.05, 3.63) is 80.1 Å². The van der Waals surface area contributed by atoms with Crippen molar-refractivity contribution in [2.75, 3.05) is 0 Å². The van der Waals surface area contributed by atoms with Gasteiger partial charge in [0.1, 0.15) is 10.5 Å². The van der Waals surface area contributed by atoms with Gasteiger partial charge in [0.05, 0.1) is 4.92 Å². The molecular weight excluding hydrogens is 358 g/mol. The van der Waals surface area contributed by atoms with E-state index in [-0.39, 0.29) is 10.6 Å². The molecule has 6 heteroatoms. The van der Waals surface area contributed by atoms with Crippen LogP contribution in [0.25, 0.3) is 17.1 Å². The second-order valence-corrected chi connectivity index (χ2v) is 7.24. The van der Waals surface area contributed by atoms with Crippen LogP contribution in [-0.2, 0) is 12.8 Å². The molecule has 27 heavy (non-hydrogen) atoms. The lowest BCUT2D eigenvalue weighted by molar-refractivity contribution is -0.384. The van der Waals surface area contributed by atoms with Gasteiger partial charge in [-0.3, -0.25) is 14.7 Å². The number of hydrogen-bond acceptors (Lipinski definition) is 4. The van der Waals surface area contributed by atoms with Crippen LogP contribution >= 0.6 is 12.2 Å². The lowest BCUT2D eigenvalue weighted by Crippen LogP contribution is -2.17. The highest BCUT2D eigenvalue weighted by Crippen LogP contribution is 2.31. The first kappa shape index (κ1) is 17.5. The van der Waals surface area contributed by atoms with Gasteiger partial charge in [-0.1, -0.05) is 42.0 Å². The third kappa shape index (κ3) is 3.28. The number of nitro groups is 1. The molecule has 0 unspecified atom stereocenters. The van der Waals surface area contributed by atoms with Crippen LogP contribution in [-0.4, -0.2) is 14.5 Å². The predicted molar refractivity (Wildman–Crippen MR) is 108 cm³/mol. The summed E-state index contributed by atoms with van der Waals surface area (Å²) in [5, 5.41) is 11.2. The molecule has 3 aromatic rings. The zero-order valence-electron chi connectivity index (χ0n) is 15.0. The number of nitrogens with zero attached hydrogens (tertiary/aromatic N) is 3. The summed E-state index contributed by atoms with van der Waals surface area (Å²) in [5.41, 5.74) is 5.23. The van der Waals surface area contributed by atoms with Crippen LogP contribution in [0.4, 0.5) is 5.69 Å². The number of aryl methyl sites for hydroxylation is 1. The smallest absolute Gasteiger partial charge is 0.270 e. The molecule has 4 rings (SSSR count). The lowest BCUT2D eigenvalue weighted by Gasteiger charge is -2.24. The molecule has 0 spiro atoms. The van der Waals surface area contributed by atoms with Crippen molar-refractivity contribution in [3.8, 4) is 17.1 Å². The summed E-state index contributed by atoms with van der Waals surface area (Å²) in [6.45, 7) is 2.05. The summed E-state index contributed by atoms with van der Waals surface area (Å²) in [6.07, 6.45) is 4.08. The molecular formula is C21H19N3O2S. The van der Waals surface area contributed by atoms with Gasteiger partial charge in [-0.25, -0.2) is 4.98 Å². The van der Waals surface area contributed by atoms with Gasteiger partial charge < -0.3 is 0 Å². The fraction of sp³-hybridized carbons (Fsp3) is 0.238. The Morgan fingerprint density at radius 1 is 1.11 bits per heavy atom. The molecule has 0 aliphatic heterocycles. The molecule has 0 bridgehead atoms. The van der Waals surface area contributed by atoms with E-state index < -0.39 is 0 Å². The van der Waals surface area contributed by atoms with Crippen LogP contribution in [0.2, 0.25) is 0 Å². The third-order valence-corrected chi connectivity index (χ3v) is 5.33. The molecule has 1 aliphatic rings. The Morgan fingerprint density at radius 3 is 2.59 bits per heavy atom. The van der Waals surface area contributed by atoms with Crippen molar-refractivity contribution >= 4 is 17.9 Å². The van der Waals surface area contributed by atoms with Crippen LogP contribution in [0, 0.1) is 21.7 Å². The molecule has 0 fully saturated rings. The zero-order valence-corrected chi connectivity index (χ0v) is 15.8. The van der Waals surface area contributed by atoms with Crippen LogP contribution in [0.1, 0.15) is 29.7 Å². The number of rotatable bonds is 3. The van der Waals surface area contributed by atoms with Gasteiger partial charge in [0, 0.05) is 34.6 Å². The number of fused-ring (bicyclic) bond motifs is 1. The second kappa shape index (κ2) is 7.04. The predicted octanol–water partition coefficient (Wildman–Crippen LogP) is 5.36. The van der Waals surface area contributed by atoms with Gasteiger partial charge in [0.25, 0.3) is 5.69 Å². The molecule has 0 amide bonds. The Balaban J connectivity index is 2.02. The van der Waals surface area contributed by atoms with Crippen LogP contribution in [0.15, 0.2) is 48.5 Å². The average molecular weight is 377 g/mol. The third-order valence-electron chi connectivity index (χ3n) is 4.99. The van der Waals surface area contributed by atoms with Crippen molar-refractivity contribution in [1.82, 2.24) is 9.55 Å². The SMILES string of the molecule is Cc1ccc(-n2c(-c3cccc([N+](=O)[O-])c3)nc(=S)c3c2CCCC3)cc1. The Kier molecular flexibility index (Phi) is 4.58. The van der Waals surface area contributed by atoms with Crippen LogP contribution in [0.5, 0.6) is 0 Å².